The molecule has 1 unspecified atom stereocenters. The van der Waals surface area contributed by atoms with Crippen molar-refractivity contribution in [3.8, 4) is 0 Å². The van der Waals surface area contributed by atoms with Gasteiger partial charge >= 0.3 is 6.03 Å². The lowest BCUT2D eigenvalue weighted by molar-refractivity contribution is -0.128. The van der Waals surface area contributed by atoms with E-state index >= 15 is 0 Å². The highest BCUT2D eigenvalue weighted by Gasteiger charge is 2.41. The Morgan fingerprint density at radius 2 is 2.12 bits per heavy atom. The van der Waals surface area contributed by atoms with E-state index in [-0.39, 0.29) is 11.9 Å². The summed E-state index contributed by atoms with van der Waals surface area (Å²) < 4.78 is 0. The van der Waals surface area contributed by atoms with Gasteiger partial charge in [-0.15, -0.1) is 0 Å². The highest BCUT2D eigenvalue weighted by atomic mass is 16.2. The van der Waals surface area contributed by atoms with Crippen LogP contribution in [0.15, 0.2) is 0 Å². The van der Waals surface area contributed by atoms with E-state index in [0.29, 0.717) is 19.6 Å². The average Bonchev–Trinajstić information content (AvgIpc) is 2.72. The Labute approximate surface area is 103 Å². The monoisotopic (exact) mass is 241 g/mol. The lowest BCUT2D eigenvalue weighted by atomic mass is 9.89. The zero-order valence-corrected chi connectivity index (χ0v) is 11.0. The van der Waals surface area contributed by atoms with Gasteiger partial charge in [0, 0.05) is 26.7 Å². The molecule has 0 aromatic rings. The highest BCUT2D eigenvalue weighted by Crippen LogP contribution is 2.29. The summed E-state index contributed by atoms with van der Waals surface area (Å²) in [6.45, 7) is 5.87. The van der Waals surface area contributed by atoms with Crippen LogP contribution in [0.1, 0.15) is 33.1 Å². The topological polar surface area (TPSA) is 61.4 Å². The molecule has 2 N–H and O–H groups in total. The van der Waals surface area contributed by atoms with Gasteiger partial charge < -0.3 is 15.5 Å². The molecule has 5 heteroatoms. The SMILES string of the molecule is CCCCNC(=O)N1CCC(C)(C(=O)NC)C1. The summed E-state index contributed by atoms with van der Waals surface area (Å²) in [5.41, 5.74) is -0.434. The van der Waals surface area contributed by atoms with Crippen LogP contribution < -0.4 is 10.6 Å². The lowest BCUT2D eigenvalue weighted by Crippen LogP contribution is -2.43. The van der Waals surface area contributed by atoms with E-state index < -0.39 is 5.41 Å². The van der Waals surface area contributed by atoms with Crippen LogP contribution in [0.4, 0.5) is 4.79 Å². The zero-order chi connectivity index (χ0) is 12.9. The van der Waals surface area contributed by atoms with Crippen LogP contribution in [0.25, 0.3) is 0 Å². The van der Waals surface area contributed by atoms with Crippen molar-refractivity contribution in [2.75, 3.05) is 26.7 Å². The Kier molecular flexibility index (Phi) is 4.78. The number of carbonyl (C=O) groups excluding carboxylic acids is 2. The Hall–Kier alpha value is -1.26. The van der Waals surface area contributed by atoms with Gasteiger partial charge in [0.2, 0.25) is 5.91 Å². The fourth-order valence-corrected chi connectivity index (χ4v) is 2.11. The van der Waals surface area contributed by atoms with Gasteiger partial charge in [-0.3, -0.25) is 4.79 Å². The number of urea groups is 1. The van der Waals surface area contributed by atoms with Crippen molar-refractivity contribution in [3.05, 3.63) is 0 Å². The van der Waals surface area contributed by atoms with Crippen LogP contribution in [0.3, 0.4) is 0 Å². The maximum atomic E-state index is 11.8. The summed E-state index contributed by atoms with van der Waals surface area (Å²) in [6.07, 6.45) is 2.79. The molecule has 0 bridgehead atoms. The van der Waals surface area contributed by atoms with Gasteiger partial charge in [0.25, 0.3) is 0 Å². The second kappa shape index (κ2) is 5.89. The molecule has 1 rings (SSSR count). The molecule has 0 aromatic heterocycles. The fourth-order valence-electron chi connectivity index (χ4n) is 2.11. The third kappa shape index (κ3) is 3.35. The molecule has 5 nitrogen and oxygen atoms in total. The van der Waals surface area contributed by atoms with E-state index in [1.54, 1.807) is 11.9 Å². The summed E-state index contributed by atoms with van der Waals surface area (Å²) in [6, 6.07) is -0.0499. The van der Waals surface area contributed by atoms with E-state index in [2.05, 4.69) is 17.6 Å². The van der Waals surface area contributed by atoms with E-state index in [1.807, 2.05) is 6.92 Å². The van der Waals surface area contributed by atoms with Crippen LogP contribution in [0.2, 0.25) is 0 Å². The van der Waals surface area contributed by atoms with Crippen LogP contribution in [-0.2, 0) is 4.79 Å². The van der Waals surface area contributed by atoms with Gasteiger partial charge in [-0.2, -0.15) is 0 Å². The van der Waals surface area contributed by atoms with Crippen molar-refractivity contribution in [1.82, 2.24) is 15.5 Å². The largest absolute Gasteiger partial charge is 0.359 e. The maximum absolute atomic E-state index is 11.8. The lowest BCUT2D eigenvalue weighted by Gasteiger charge is -2.22. The van der Waals surface area contributed by atoms with Crippen LogP contribution in [-0.4, -0.2) is 43.5 Å². The first-order valence-corrected chi connectivity index (χ1v) is 6.28. The van der Waals surface area contributed by atoms with Gasteiger partial charge in [-0.1, -0.05) is 13.3 Å². The molecule has 1 aliphatic rings. The number of carbonyl (C=O) groups is 2. The zero-order valence-electron chi connectivity index (χ0n) is 11.0. The minimum Gasteiger partial charge on any atom is -0.359 e. The number of amides is 3. The number of likely N-dealkylation sites (tertiary alicyclic amines) is 1. The van der Waals surface area contributed by atoms with Crippen molar-refractivity contribution >= 4 is 11.9 Å². The Morgan fingerprint density at radius 3 is 2.71 bits per heavy atom. The third-order valence-electron chi connectivity index (χ3n) is 3.34. The predicted molar refractivity (Wildman–Crippen MR) is 66.7 cm³/mol. The number of hydrogen-bond donors (Lipinski definition) is 2. The number of hydrogen-bond acceptors (Lipinski definition) is 2. The molecule has 98 valence electrons. The molecular weight excluding hydrogens is 218 g/mol. The summed E-state index contributed by atoms with van der Waals surface area (Å²) in [7, 11) is 1.64. The first kappa shape index (κ1) is 13.8. The molecule has 3 amide bonds. The first-order chi connectivity index (χ1) is 8.03. The van der Waals surface area contributed by atoms with Crippen molar-refractivity contribution in [3.63, 3.8) is 0 Å². The molecule has 0 saturated carbocycles. The number of rotatable bonds is 4. The van der Waals surface area contributed by atoms with Gasteiger partial charge in [0.15, 0.2) is 0 Å². The number of nitrogens with zero attached hydrogens (tertiary/aromatic N) is 1. The number of nitrogens with one attached hydrogen (secondary N) is 2. The molecular formula is C12H23N3O2. The Morgan fingerprint density at radius 1 is 1.41 bits per heavy atom. The average molecular weight is 241 g/mol. The predicted octanol–water partition coefficient (Wildman–Crippen LogP) is 0.954. The van der Waals surface area contributed by atoms with Crippen LogP contribution >= 0.6 is 0 Å². The minimum atomic E-state index is -0.434. The van der Waals surface area contributed by atoms with Crippen molar-refractivity contribution in [1.29, 1.82) is 0 Å². The summed E-state index contributed by atoms with van der Waals surface area (Å²) in [5, 5.41) is 5.54. The first-order valence-electron chi connectivity index (χ1n) is 6.28. The summed E-state index contributed by atoms with van der Waals surface area (Å²) in [5.74, 6) is 0.0151. The summed E-state index contributed by atoms with van der Waals surface area (Å²) in [4.78, 5) is 25.2. The standard InChI is InChI=1S/C12H23N3O2/c1-4-5-7-14-11(17)15-8-6-12(2,9-15)10(16)13-3/h4-9H2,1-3H3,(H,13,16)(H,14,17). The molecule has 1 heterocycles. The van der Waals surface area contributed by atoms with Gasteiger partial charge in [-0.05, 0) is 19.8 Å². The molecule has 1 atom stereocenters. The number of unbranched alkanes of at least 4 members (excludes halogenated alkanes) is 1. The molecule has 0 aliphatic carbocycles. The van der Waals surface area contributed by atoms with E-state index in [4.69, 9.17) is 0 Å². The quantitative estimate of drug-likeness (QED) is 0.720. The smallest absolute Gasteiger partial charge is 0.317 e. The molecule has 0 spiro atoms. The van der Waals surface area contributed by atoms with Crippen molar-refractivity contribution < 1.29 is 9.59 Å². The molecule has 17 heavy (non-hydrogen) atoms. The van der Waals surface area contributed by atoms with Gasteiger partial charge in [0.05, 0.1) is 5.41 Å². The van der Waals surface area contributed by atoms with Gasteiger partial charge in [-0.25, -0.2) is 4.79 Å². The molecule has 0 radical (unpaired) electrons. The second-order valence-corrected chi connectivity index (χ2v) is 4.90. The Balaban J connectivity index is 2.44. The highest BCUT2D eigenvalue weighted by molar-refractivity contribution is 5.84. The molecule has 1 saturated heterocycles. The second-order valence-electron chi connectivity index (χ2n) is 4.90. The van der Waals surface area contributed by atoms with Crippen molar-refractivity contribution in [2.24, 2.45) is 5.41 Å². The summed E-state index contributed by atoms with van der Waals surface area (Å²) >= 11 is 0. The van der Waals surface area contributed by atoms with E-state index in [9.17, 15) is 9.59 Å². The van der Waals surface area contributed by atoms with E-state index in [0.717, 1.165) is 19.3 Å². The molecule has 1 fully saturated rings. The van der Waals surface area contributed by atoms with E-state index in [1.165, 1.54) is 0 Å². The third-order valence-corrected chi connectivity index (χ3v) is 3.34. The van der Waals surface area contributed by atoms with Crippen LogP contribution in [0.5, 0.6) is 0 Å². The fraction of sp³-hybridized carbons (Fsp3) is 0.833. The maximum Gasteiger partial charge on any atom is 0.317 e. The molecule has 0 aromatic carbocycles. The normalized spacial score (nSPS) is 23.6. The molecule has 1 aliphatic heterocycles. The minimum absolute atomic E-state index is 0.0151. The van der Waals surface area contributed by atoms with Gasteiger partial charge in [0.1, 0.15) is 0 Å². The van der Waals surface area contributed by atoms with Crippen molar-refractivity contribution in [2.45, 2.75) is 33.1 Å². The Bertz CT molecular complexity index is 293. The van der Waals surface area contributed by atoms with Crippen LogP contribution in [0, 0.1) is 5.41 Å².